The van der Waals surface area contributed by atoms with Crippen molar-refractivity contribution in [2.75, 3.05) is 26.2 Å². The smallest absolute Gasteiger partial charge is 0.123 e. The van der Waals surface area contributed by atoms with Crippen molar-refractivity contribution in [1.82, 2.24) is 15.2 Å². The Labute approximate surface area is 130 Å². The zero-order valence-corrected chi connectivity index (χ0v) is 13.0. The van der Waals surface area contributed by atoms with Crippen molar-refractivity contribution in [3.05, 3.63) is 41.4 Å². The highest BCUT2D eigenvalue weighted by molar-refractivity contribution is 7.15. The van der Waals surface area contributed by atoms with Gasteiger partial charge in [-0.25, -0.2) is 4.98 Å². The van der Waals surface area contributed by atoms with Gasteiger partial charge in [-0.15, -0.1) is 11.3 Å². The maximum Gasteiger partial charge on any atom is 0.123 e. The molecule has 1 aromatic heterocycles. The van der Waals surface area contributed by atoms with Gasteiger partial charge in [-0.2, -0.15) is 0 Å². The van der Waals surface area contributed by atoms with Gasteiger partial charge in [0.1, 0.15) is 5.01 Å². The molecule has 4 heteroatoms. The molecule has 2 aliphatic heterocycles. The maximum absolute atomic E-state index is 4.60. The SMILES string of the molecule is c1ccc(-c2ncc(CN3CCC4(CCNC4)C3)s2)cc1. The van der Waals surface area contributed by atoms with Crippen LogP contribution in [0.25, 0.3) is 10.6 Å². The minimum absolute atomic E-state index is 0.562. The fourth-order valence-corrected chi connectivity index (χ4v) is 4.58. The van der Waals surface area contributed by atoms with E-state index in [2.05, 4.69) is 51.7 Å². The number of rotatable bonds is 3. The van der Waals surface area contributed by atoms with Crippen LogP contribution in [0.5, 0.6) is 0 Å². The molecular weight excluding hydrogens is 278 g/mol. The van der Waals surface area contributed by atoms with Gasteiger partial charge in [-0.05, 0) is 31.3 Å². The third-order valence-electron chi connectivity index (χ3n) is 4.80. The summed E-state index contributed by atoms with van der Waals surface area (Å²) in [6, 6.07) is 10.5. The highest BCUT2D eigenvalue weighted by Crippen LogP contribution is 2.37. The first kappa shape index (κ1) is 13.4. The number of hydrogen-bond donors (Lipinski definition) is 1. The van der Waals surface area contributed by atoms with E-state index in [9.17, 15) is 0 Å². The van der Waals surface area contributed by atoms with E-state index in [1.54, 1.807) is 0 Å². The van der Waals surface area contributed by atoms with Crippen molar-refractivity contribution in [1.29, 1.82) is 0 Å². The molecule has 1 aromatic carbocycles. The summed E-state index contributed by atoms with van der Waals surface area (Å²) in [7, 11) is 0. The van der Waals surface area contributed by atoms with Crippen LogP contribution < -0.4 is 5.32 Å². The lowest BCUT2D eigenvalue weighted by Crippen LogP contribution is -2.28. The quantitative estimate of drug-likeness (QED) is 0.944. The van der Waals surface area contributed by atoms with E-state index in [1.807, 2.05) is 11.3 Å². The van der Waals surface area contributed by atoms with Crippen molar-refractivity contribution in [3.63, 3.8) is 0 Å². The topological polar surface area (TPSA) is 28.2 Å². The molecule has 3 nitrogen and oxygen atoms in total. The van der Waals surface area contributed by atoms with Crippen LogP contribution >= 0.6 is 11.3 Å². The molecule has 21 heavy (non-hydrogen) atoms. The van der Waals surface area contributed by atoms with Crippen LogP contribution in [0.15, 0.2) is 36.5 Å². The van der Waals surface area contributed by atoms with E-state index in [-0.39, 0.29) is 0 Å². The number of thiazole rings is 1. The second-order valence-corrected chi connectivity index (χ2v) is 7.50. The molecule has 2 fully saturated rings. The molecule has 2 saturated heterocycles. The monoisotopic (exact) mass is 299 g/mol. The van der Waals surface area contributed by atoms with Crippen LogP contribution in [0.3, 0.4) is 0 Å². The predicted octanol–water partition coefficient (Wildman–Crippen LogP) is 3.00. The minimum Gasteiger partial charge on any atom is -0.316 e. The van der Waals surface area contributed by atoms with Crippen LogP contribution in [-0.4, -0.2) is 36.1 Å². The molecular formula is C17H21N3S. The molecule has 110 valence electrons. The number of likely N-dealkylation sites (tertiary alicyclic amines) is 1. The largest absolute Gasteiger partial charge is 0.316 e. The first-order valence-corrected chi connectivity index (χ1v) is 8.58. The minimum atomic E-state index is 0.562. The summed E-state index contributed by atoms with van der Waals surface area (Å²) < 4.78 is 0. The van der Waals surface area contributed by atoms with Gasteiger partial charge >= 0.3 is 0 Å². The highest BCUT2D eigenvalue weighted by Gasteiger charge is 2.40. The lowest BCUT2D eigenvalue weighted by atomic mass is 9.87. The second kappa shape index (κ2) is 5.52. The lowest BCUT2D eigenvalue weighted by Gasteiger charge is -2.22. The van der Waals surface area contributed by atoms with Crippen LogP contribution in [0.4, 0.5) is 0 Å². The van der Waals surface area contributed by atoms with Gasteiger partial charge in [-0.3, -0.25) is 4.90 Å². The van der Waals surface area contributed by atoms with Crippen molar-refractivity contribution in [3.8, 4) is 10.6 Å². The summed E-state index contributed by atoms with van der Waals surface area (Å²) in [6.07, 6.45) is 4.76. The maximum atomic E-state index is 4.60. The summed E-state index contributed by atoms with van der Waals surface area (Å²) in [5.74, 6) is 0. The van der Waals surface area contributed by atoms with E-state index in [1.165, 1.54) is 49.5 Å². The number of nitrogens with one attached hydrogen (secondary N) is 1. The average molecular weight is 299 g/mol. The van der Waals surface area contributed by atoms with Crippen molar-refractivity contribution < 1.29 is 0 Å². The van der Waals surface area contributed by atoms with E-state index < -0.39 is 0 Å². The predicted molar refractivity (Wildman–Crippen MR) is 87.4 cm³/mol. The summed E-state index contributed by atoms with van der Waals surface area (Å²) in [6.45, 7) is 5.96. The Balaban J connectivity index is 1.43. The van der Waals surface area contributed by atoms with Gasteiger partial charge in [-0.1, -0.05) is 30.3 Å². The van der Waals surface area contributed by atoms with Crippen LogP contribution in [0, 0.1) is 5.41 Å². The molecule has 1 spiro atoms. The zero-order valence-electron chi connectivity index (χ0n) is 12.2. The Kier molecular flexibility index (Phi) is 3.53. The van der Waals surface area contributed by atoms with Gasteiger partial charge < -0.3 is 5.32 Å². The molecule has 0 aliphatic carbocycles. The Bertz CT molecular complexity index is 602. The molecule has 1 N–H and O–H groups in total. The number of hydrogen-bond acceptors (Lipinski definition) is 4. The number of aromatic nitrogens is 1. The molecule has 1 unspecified atom stereocenters. The molecule has 2 aliphatic rings. The fraction of sp³-hybridized carbons (Fsp3) is 0.471. The van der Waals surface area contributed by atoms with Crippen molar-refractivity contribution in [2.45, 2.75) is 19.4 Å². The second-order valence-electron chi connectivity index (χ2n) is 6.39. The molecule has 0 bridgehead atoms. The van der Waals surface area contributed by atoms with Gasteiger partial charge in [0, 0.05) is 36.3 Å². The number of nitrogens with zero attached hydrogens (tertiary/aromatic N) is 2. The van der Waals surface area contributed by atoms with Gasteiger partial charge in [0.05, 0.1) is 0 Å². The third-order valence-corrected chi connectivity index (χ3v) is 5.83. The first-order chi connectivity index (χ1) is 10.3. The molecule has 2 aromatic rings. The van der Waals surface area contributed by atoms with E-state index in [4.69, 9.17) is 0 Å². The van der Waals surface area contributed by atoms with Crippen molar-refractivity contribution in [2.24, 2.45) is 5.41 Å². The summed E-state index contributed by atoms with van der Waals surface area (Å²) in [4.78, 5) is 8.59. The summed E-state index contributed by atoms with van der Waals surface area (Å²) in [5, 5.41) is 4.67. The Morgan fingerprint density at radius 2 is 2.14 bits per heavy atom. The Morgan fingerprint density at radius 3 is 2.95 bits per heavy atom. The summed E-state index contributed by atoms with van der Waals surface area (Å²) >= 11 is 1.84. The number of benzene rings is 1. The van der Waals surface area contributed by atoms with Gasteiger partial charge in [0.2, 0.25) is 0 Å². The first-order valence-electron chi connectivity index (χ1n) is 7.76. The van der Waals surface area contributed by atoms with Crippen LogP contribution in [0.2, 0.25) is 0 Å². The molecule has 3 heterocycles. The Hall–Kier alpha value is -1.23. The van der Waals surface area contributed by atoms with Gasteiger partial charge in [0.15, 0.2) is 0 Å². The van der Waals surface area contributed by atoms with E-state index >= 15 is 0 Å². The molecule has 4 rings (SSSR count). The normalized spacial score (nSPS) is 25.9. The zero-order chi connectivity index (χ0) is 14.1. The average Bonchev–Trinajstić information content (AvgIpc) is 3.24. The molecule has 0 radical (unpaired) electrons. The standard InChI is InChI=1S/C17H21N3S/c1-2-4-14(5-3-1)16-19-10-15(21-16)11-20-9-7-17(13-20)6-8-18-12-17/h1-5,10,18H,6-9,11-13H2. The molecule has 0 saturated carbocycles. The van der Waals surface area contributed by atoms with Crippen LogP contribution in [0.1, 0.15) is 17.7 Å². The lowest BCUT2D eigenvalue weighted by molar-refractivity contribution is 0.270. The highest BCUT2D eigenvalue weighted by atomic mass is 32.1. The van der Waals surface area contributed by atoms with Gasteiger partial charge in [0.25, 0.3) is 0 Å². The Morgan fingerprint density at radius 1 is 1.24 bits per heavy atom. The van der Waals surface area contributed by atoms with Crippen molar-refractivity contribution >= 4 is 11.3 Å². The third kappa shape index (κ3) is 2.76. The summed E-state index contributed by atoms with van der Waals surface area (Å²) in [5.41, 5.74) is 1.79. The fourth-order valence-electron chi connectivity index (χ4n) is 3.62. The van der Waals surface area contributed by atoms with E-state index in [0.717, 1.165) is 11.6 Å². The molecule has 0 amide bonds. The van der Waals surface area contributed by atoms with E-state index in [0.29, 0.717) is 5.41 Å². The molecule has 1 atom stereocenters. The van der Waals surface area contributed by atoms with Crippen LogP contribution in [-0.2, 0) is 6.54 Å².